The number of alkyl halides is 3. The van der Waals surface area contributed by atoms with E-state index in [9.17, 15) is 13.2 Å². The highest BCUT2D eigenvalue weighted by Crippen LogP contribution is 2.31. The molecular weight excluding hydrogens is 269 g/mol. The summed E-state index contributed by atoms with van der Waals surface area (Å²) >= 11 is 0. The standard InChI is InChI=1S/C14H11F3N2O/c15-14(16,17)11-3-4-13(10(8-11)9-18)19-6-5-12-2-1-7-20-12/h1-4,7-8,19H,5-6H2. The van der Waals surface area contributed by atoms with Gasteiger partial charge in [0.25, 0.3) is 0 Å². The molecule has 1 heterocycles. The summed E-state index contributed by atoms with van der Waals surface area (Å²) in [7, 11) is 0. The first-order valence-electron chi connectivity index (χ1n) is 5.88. The molecule has 0 aliphatic rings. The molecule has 0 aliphatic heterocycles. The van der Waals surface area contributed by atoms with Crippen LogP contribution in [-0.2, 0) is 12.6 Å². The molecule has 0 radical (unpaired) electrons. The first-order chi connectivity index (χ1) is 9.50. The van der Waals surface area contributed by atoms with Crippen LogP contribution >= 0.6 is 0 Å². The smallest absolute Gasteiger partial charge is 0.416 e. The summed E-state index contributed by atoms with van der Waals surface area (Å²) in [6, 6.07) is 8.39. The molecule has 0 spiro atoms. The SMILES string of the molecule is N#Cc1cc(C(F)(F)F)ccc1NCCc1ccco1. The van der Waals surface area contributed by atoms with E-state index in [1.807, 2.05) is 0 Å². The van der Waals surface area contributed by atoms with Crippen molar-refractivity contribution in [2.45, 2.75) is 12.6 Å². The average molecular weight is 280 g/mol. The number of benzene rings is 1. The zero-order valence-corrected chi connectivity index (χ0v) is 10.4. The summed E-state index contributed by atoms with van der Waals surface area (Å²) in [5, 5.41) is 11.8. The molecule has 0 saturated carbocycles. The van der Waals surface area contributed by atoms with E-state index in [1.165, 1.54) is 6.07 Å². The number of nitrogens with zero attached hydrogens (tertiary/aromatic N) is 1. The fourth-order valence-corrected chi connectivity index (χ4v) is 1.74. The van der Waals surface area contributed by atoms with E-state index in [2.05, 4.69) is 5.32 Å². The van der Waals surface area contributed by atoms with E-state index >= 15 is 0 Å². The molecule has 0 saturated heterocycles. The Morgan fingerprint density at radius 1 is 1.25 bits per heavy atom. The molecule has 0 fully saturated rings. The summed E-state index contributed by atoms with van der Waals surface area (Å²) in [6.07, 6.45) is -2.31. The summed E-state index contributed by atoms with van der Waals surface area (Å²) in [5.74, 6) is 0.767. The van der Waals surface area contributed by atoms with Crippen molar-refractivity contribution in [1.82, 2.24) is 0 Å². The summed E-state index contributed by atoms with van der Waals surface area (Å²) in [5.41, 5.74) is -0.475. The topological polar surface area (TPSA) is 49.0 Å². The molecular formula is C14H11F3N2O. The lowest BCUT2D eigenvalue weighted by molar-refractivity contribution is -0.137. The second kappa shape index (κ2) is 5.70. The number of hydrogen-bond acceptors (Lipinski definition) is 3. The fourth-order valence-electron chi connectivity index (χ4n) is 1.74. The van der Waals surface area contributed by atoms with Gasteiger partial charge in [-0.3, -0.25) is 0 Å². The van der Waals surface area contributed by atoms with Gasteiger partial charge >= 0.3 is 6.18 Å². The average Bonchev–Trinajstić information content (AvgIpc) is 2.91. The Kier molecular flexibility index (Phi) is 3.99. The van der Waals surface area contributed by atoms with E-state index in [-0.39, 0.29) is 5.56 Å². The number of nitriles is 1. The lowest BCUT2D eigenvalue weighted by Crippen LogP contribution is -2.09. The Morgan fingerprint density at radius 3 is 2.65 bits per heavy atom. The lowest BCUT2D eigenvalue weighted by Gasteiger charge is -2.11. The van der Waals surface area contributed by atoms with Crippen LogP contribution in [-0.4, -0.2) is 6.54 Å². The molecule has 104 valence electrons. The highest BCUT2D eigenvalue weighted by atomic mass is 19.4. The van der Waals surface area contributed by atoms with Crippen molar-refractivity contribution in [2.75, 3.05) is 11.9 Å². The predicted molar refractivity (Wildman–Crippen MR) is 67.1 cm³/mol. The molecule has 0 aliphatic carbocycles. The van der Waals surface area contributed by atoms with Crippen LogP contribution in [0.15, 0.2) is 41.0 Å². The first-order valence-corrected chi connectivity index (χ1v) is 5.88. The Bertz CT molecular complexity index is 612. The van der Waals surface area contributed by atoms with Gasteiger partial charge in [-0.25, -0.2) is 0 Å². The van der Waals surface area contributed by atoms with Crippen LogP contribution in [0.1, 0.15) is 16.9 Å². The van der Waals surface area contributed by atoms with Crippen LogP contribution in [0.25, 0.3) is 0 Å². The number of nitrogens with one attached hydrogen (secondary N) is 1. The van der Waals surface area contributed by atoms with Gasteiger partial charge in [-0.1, -0.05) is 0 Å². The molecule has 1 aromatic heterocycles. The van der Waals surface area contributed by atoms with Crippen LogP contribution in [0.2, 0.25) is 0 Å². The Balaban J connectivity index is 2.06. The normalized spacial score (nSPS) is 11.1. The van der Waals surface area contributed by atoms with Gasteiger partial charge in [0.2, 0.25) is 0 Å². The monoisotopic (exact) mass is 280 g/mol. The van der Waals surface area contributed by atoms with E-state index < -0.39 is 11.7 Å². The van der Waals surface area contributed by atoms with Gasteiger partial charge < -0.3 is 9.73 Å². The Hall–Kier alpha value is -2.42. The van der Waals surface area contributed by atoms with Crippen LogP contribution in [0.5, 0.6) is 0 Å². The van der Waals surface area contributed by atoms with Gasteiger partial charge in [-0.15, -0.1) is 0 Å². The van der Waals surface area contributed by atoms with Crippen molar-refractivity contribution >= 4 is 5.69 Å². The summed E-state index contributed by atoms with van der Waals surface area (Å²) in [4.78, 5) is 0. The van der Waals surface area contributed by atoms with E-state index in [4.69, 9.17) is 9.68 Å². The molecule has 3 nitrogen and oxygen atoms in total. The molecule has 0 bridgehead atoms. The minimum atomic E-state index is -4.45. The number of rotatable bonds is 4. The molecule has 1 aromatic carbocycles. The van der Waals surface area contributed by atoms with Crippen molar-refractivity contribution in [3.05, 3.63) is 53.5 Å². The van der Waals surface area contributed by atoms with Gasteiger partial charge in [0.15, 0.2) is 0 Å². The predicted octanol–water partition coefficient (Wildman–Crippen LogP) is 3.82. The molecule has 2 aromatic rings. The van der Waals surface area contributed by atoms with Crippen LogP contribution in [0.3, 0.4) is 0 Å². The van der Waals surface area contributed by atoms with Crippen LogP contribution in [0.4, 0.5) is 18.9 Å². The maximum Gasteiger partial charge on any atom is 0.416 e. The summed E-state index contributed by atoms with van der Waals surface area (Å²) in [6.45, 7) is 0.466. The number of halogens is 3. The zero-order valence-electron chi connectivity index (χ0n) is 10.4. The minimum Gasteiger partial charge on any atom is -0.469 e. The van der Waals surface area contributed by atoms with E-state index in [0.717, 1.165) is 17.9 Å². The lowest BCUT2D eigenvalue weighted by atomic mass is 10.1. The van der Waals surface area contributed by atoms with Crippen LogP contribution < -0.4 is 5.32 Å². The van der Waals surface area contributed by atoms with Crippen molar-refractivity contribution in [1.29, 1.82) is 5.26 Å². The number of anilines is 1. The van der Waals surface area contributed by atoms with Crippen molar-refractivity contribution in [2.24, 2.45) is 0 Å². The zero-order chi connectivity index (χ0) is 14.6. The number of hydrogen-bond donors (Lipinski definition) is 1. The minimum absolute atomic E-state index is 0.0285. The van der Waals surface area contributed by atoms with Crippen molar-refractivity contribution in [3.8, 4) is 6.07 Å². The van der Waals surface area contributed by atoms with E-state index in [1.54, 1.807) is 24.5 Å². The molecule has 20 heavy (non-hydrogen) atoms. The Morgan fingerprint density at radius 2 is 2.05 bits per heavy atom. The maximum atomic E-state index is 12.5. The largest absolute Gasteiger partial charge is 0.469 e. The highest BCUT2D eigenvalue weighted by Gasteiger charge is 2.31. The molecule has 0 amide bonds. The van der Waals surface area contributed by atoms with Gasteiger partial charge in [0.05, 0.1) is 23.1 Å². The van der Waals surface area contributed by atoms with Gasteiger partial charge in [0, 0.05) is 13.0 Å². The van der Waals surface area contributed by atoms with Crippen molar-refractivity contribution in [3.63, 3.8) is 0 Å². The van der Waals surface area contributed by atoms with Gasteiger partial charge in [-0.2, -0.15) is 18.4 Å². The molecule has 1 N–H and O–H groups in total. The van der Waals surface area contributed by atoms with Gasteiger partial charge in [0.1, 0.15) is 11.8 Å². The first kappa shape index (κ1) is 14.0. The second-order valence-corrected chi connectivity index (χ2v) is 4.13. The third-order valence-corrected chi connectivity index (χ3v) is 2.73. The number of furan rings is 1. The van der Waals surface area contributed by atoms with Crippen LogP contribution in [0, 0.1) is 11.3 Å². The second-order valence-electron chi connectivity index (χ2n) is 4.13. The molecule has 0 unspecified atom stereocenters. The quantitative estimate of drug-likeness (QED) is 0.926. The highest BCUT2D eigenvalue weighted by molar-refractivity contribution is 5.59. The third kappa shape index (κ3) is 3.32. The summed E-state index contributed by atoms with van der Waals surface area (Å²) < 4.78 is 42.7. The van der Waals surface area contributed by atoms with Gasteiger partial charge in [-0.05, 0) is 30.3 Å². The third-order valence-electron chi connectivity index (χ3n) is 2.73. The van der Waals surface area contributed by atoms with Crippen molar-refractivity contribution < 1.29 is 17.6 Å². The molecule has 6 heteroatoms. The molecule has 0 atom stereocenters. The molecule has 2 rings (SSSR count). The fraction of sp³-hybridized carbons (Fsp3) is 0.214. The maximum absolute atomic E-state index is 12.5. The van der Waals surface area contributed by atoms with E-state index in [0.29, 0.717) is 18.7 Å². The Labute approximate surface area is 113 Å².